The summed E-state index contributed by atoms with van der Waals surface area (Å²) in [7, 11) is 0. The van der Waals surface area contributed by atoms with Gasteiger partial charge in [0, 0.05) is 16.6 Å². The van der Waals surface area contributed by atoms with Crippen molar-refractivity contribution in [2.24, 2.45) is 0 Å². The Bertz CT molecular complexity index is 572. The molecule has 0 aliphatic rings. The van der Waals surface area contributed by atoms with E-state index in [1.165, 1.54) is 4.57 Å². The van der Waals surface area contributed by atoms with Gasteiger partial charge in [0.25, 0.3) is 0 Å². The fraction of sp³-hybridized carbons (Fsp3) is 0.273. The molecule has 0 spiro atoms. The molecule has 0 N–H and O–H groups in total. The highest BCUT2D eigenvalue weighted by atomic mass is 79.9. The molecule has 0 radical (unpaired) electrons. The van der Waals surface area contributed by atoms with E-state index in [1.807, 2.05) is 32.0 Å². The summed E-state index contributed by atoms with van der Waals surface area (Å²) in [4.78, 5) is 11.3. The molecule has 1 aromatic carbocycles. The van der Waals surface area contributed by atoms with E-state index < -0.39 is 5.76 Å². The van der Waals surface area contributed by atoms with Crippen LogP contribution in [0.3, 0.4) is 0 Å². The SMILES string of the molecule is CCn1c(-c2ccc(C)c(Br)c2)noc1=O. The summed E-state index contributed by atoms with van der Waals surface area (Å²) in [5, 5.41) is 3.78. The molecule has 0 unspecified atom stereocenters. The van der Waals surface area contributed by atoms with Crippen LogP contribution in [0, 0.1) is 6.92 Å². The smallest absolute Gasteiger partial charge is 0.295 e. The average molecular weight is 283 g/mol. The second-order valence-corrected chi connectivity index (χ2v) is 4.33. The zero-order chi connectivity index (χ0) is 11.7. The van der Waals surface area contributed by atoms with E-state index in [0.717, 1.165) is 15.6 Å². The number of benzene rings is 1. The number of halogens is 1. The zero-order valence-corrected chi connectivity index (χ0v) is 10.6. The largest absolute Gasteiger partial charge is 0.441 e. The number of hydrogen-bond acceptors (Lipinski definition) is 3. The van der Waals surface area contributed by atoms with Gasteiger partial charge >= 0.3 is 5.76 Å². The lowest BCUT2D eigenvalue weighted by Crippen LogP contribution is -2.13. The van der Waals surface area contributed by atoms with Crippen molar-refractivity contribution in [3.05, 3.63) is 38.8 Å². The number of aryl methyl sites for hydroxylation is 1. The highest BCUT2D eigenvalue weighted by molar-refractivity contribution is 9.10. The summed E-state index contributed by atoms with van der Waals surface area (Å²) in [5.74, 6) is 0.141. The lowest BCUT2D eigenvalue weighted by molar-refractivity contribution is 0.377. The minimum atomic E-state index is -0.422. The molecule has 0 aliphatic carbocycles. The van der Waals surface area contributed by atoms with Gasteiger partial charge in [-0.3, -0.25) is 9.09 Å². The van der Waals surface area contributed by atoms with Crippen LogP contribution in [0.15, 0.2) is 32.0 Å². The first-order chi connectivity index (χ1) is 7.63. The Morgan fingerprint density at radius 1 is 1.50 bits per heavy atom. The van der Waals surface area contributed by atoms with Crippen LogP contribution in [0.4, 0.5) is 0 Å². The number of nitrogens with zero attached hydrogens (tertiary/aromatic N) is 2. The van der Waals surface area contributed by atoms with Crippen molar-refractivity contribution >= 4 is 15.9 Å². The summed E-state index contributed by atoms with van der Waals surface area (Å²) in [6, 6.07) is 5.82. The van der Waals surface area contributed by atoms with E-state index in [2.05, 4.69) is 25.6 Å². The summed E-state index contributed by atoms with van der Waals surface area (Å²) in [6.45, 7) is 4.43. The maximum absolute atomic E-state index is 11.3. The molecule has 0 saturated carbocycles. The molecule has 0 bridgehead atoms. The van der Waals surface area contributed by atoms with Crippen LogP contribution in [0.1, 0.15) is 12.5 Å². The van der Waals surface area contributed by atoms with E-state index in [0.29, 0.717) is 12.4 Å². The van der Waals surface area contributed by atoms with Gasteiger partial charge in [-0.05, 0) is 25.5 Å². The van der Waals surface area contributed by atoms with Crippen molar-refractivity contribution in [1.82, 2.24) is 9.72 Å². The maximum Gasteiger partial charge on any atom is 0.441 e. The van der Waals surface area contributed by atoms with E-state index in [4.69, 9.17) is 0 Å². The molecular formula is C11H11BrN2O2. The second kappa shape index (κ2) is 4.25. The topological polar surface area (TPSA) is 48.0 Å². The predicted molar refractivity (Wildman–Crippen MR) is 64.3 cm³/mol. The van der Waals surface area contributed by atoms with Crippen molar-refractivity contribution in [2.75, 3.05) is 0 Å². The van der Waals surface area contributed by atoms with Gasteiger partial charge in [-0.1, -0.05) is 33.2 Å². The van der Waals surface area contributed by atoms with Crippen LogP contribution in [-0.2, 0) is 6.54 Å². The minimum absolute atomic E-state index is 0.422. The quantitative estimate of drug-likeness (QED) is 0.851. The van der Waals surface area contributed by atoms with Gasteiger partial charge in [-0.15, -0.1) is 0 Å². The van der Waals surface area contributed by atoms with Crippen molar-refractivity contribution in [3.63, 3.8) is 0 Å². The molecule has 1 aromatic heterocycles. The molecule has 2 rings (SSSR count). The molecule has 84 valence electrons. The third kappa shape index (κ3) is 1.82. The fourth-order valence-corrected chi connectivity index (χ4v) is 1.87. The van der Waals surface area contributed by atoms with Gasteiger partial charge in [0.15, 0.2) is 5.82 Å². The summed E-state index contributed by atoms with van der Waals surface area (Å²) in [6.07, 6.45) is 0. The van der Waals surface area contributed by atoms with Crippen molar-refractivity contribution < 1.29 is 4.52 Å². The Labute approximate surface area is 101 Å². The van der Waals surface area contributed by atoms with Crippen molar-refractivity contribution in [3.8, 4) is 11.4 Å². The van der Waals surface area contributed by atoms with Gasteiger partial charge in [-0.25, -0.2) is 4.79 Å². The van der Waals surface area contributed by atoms with E-state index >= 15 is 0 Å². The Hall–Kier alpha value is -1.36. The van der Waals surface area contributed by atoms with E-state index in [1.54, 1.807) is 0 Å². The molecule has 5 heteroatoms. The first-order valence-corrected chi connectivity index (χ1v) is 5.75. The molecule has 1 heterocycles. The van der Waals surface area contributed by atoms with E-state index in [9.17, 15) is 4.79 Å². The summed E-state index contributed by atoms with van der Waals surface area (Å²) < 4.78 is 7.14. The van der Waals surface area contributed by atoms with Crippen LogP contribution in [0.5, 0.6) is 0 Å². The zero-order valence-electron chi connectivity index (χ0n) is 9.03. The molecule has 16 heavy (non-hydrogen) atoms. The van der Waals surface area contributed by atoms with E-state index in [-0.39, 0.29) is 0 Å². The monoisotopic (exact) mass is 282 g/mol. The van der Waals surface area contributed by atoms with Crippen LogP contribution in [0.25, 0.3) is 11.4 Å². The highest BCUT2D eigenvalue weighted by Crippen LogP contribution is 2.23. The maximum atomic E-state index is 11.3. The second-order valence-electron chi connectivity index (χ2n) is 3.48. The van der Waals surface area contributed by atoms with Crippen LogP contribution in [-0.4, -0.2) is 9.72 Å². The molecule has 0 aliphatic heterocycles. The number of aromatic nitrogens is 2. The third-order valence-corrected chi connectivity index (χ3v) is 3.29. The Kier molecular flexibility index (Phi) is 2.96. The molecule has 0 amide bonds. The fourth-order valence-electron chi connectivity index (χ4n) is 1.49. The van der Waals surface area contributed by atoms with Gasteiger partial charge in [0.1, 0.15) is 0 Å². The molecule has 2 aromatic rings. The first-order valence-electron chi connectivity index (χ1n) is 4.96. The summed E-state index contributed by atoms with van der Waals surface area (Å²) in [5.41, 5.74) is 2.00. The molecule has 0 fully saturated rings. The van der Waals surface area contributed by atoms with Crippen molar-refractivity contribution in [1.29, 1.82) is 0 Å². The van der Waals surface area contributed by atoms with Gasteiger partial charge < -0.3 is 0 Å². The van der Waals surface area contributed by atoms with Crippen LogP contribution >= 0.6 is 15.9 Å². The highest BCUT2D eigenvalue weighted by Gasteiger charge is 2.11. The molecular weight excluding hydrogens is 272 g/mol. The first kappa shape index (κ1) is 11.1. The predicted octanol–water partition coefficient (Wildman–Crippen LogP) is 2.59. The lowest BCUT2D eigenvalue weighted by atomic mass is 10.1. The molecule has 4 nitrogen and oxygen atoms in total. The lowest BCUT2D eigenvalue weighted by Gasteiger charge is -2.03. The average Bonchev–Trinajstić information content (AvgIpc) is 2.63. The Morgan fingerprint density at radius 3 is 2.88 bits per heavy atom. The summed E-state index contributed by atoms with van der Waals surface area (Å²) >= 11 is 3.45. The van der Waals surface area contributed by atoms with Crippen molar-refractivity contribution in [2.45, 2.75) is 20.4 Å². The normalized spacial score (nSPS) is 10.7. The van der Waals surface area contributed by atoms with Gasteiger partial charge in [0.2, 0.25) is 0 Å². The standard InChI is InChI=1S/C11H11BrN2O2/c1-3-14-10(13-16-11(14)15)8-5-4-7(2)9(12)6-8/h4-6H,3H2,1-2H3. The molecule has 0 saturated heterocycles. The van der Waals surface area contributed by atoms with Gasteiger partial charge in [-0.2, -0.15) is 0 Å². The van der Waals surface area contributed by atoms with Crippen LogP contribution < -0.4 is 5.76 Å². The minimum Gasteiger partial charge on any atom is -0.295 e. The third-order valence-electron chi connectivity index (χ3n) is 2.43. The Morgan fingerprint density at radius 2 is 2.25 bits per heavy atom. The number of rotatable bonds is 2. The van der Waals surface area contributed by atoms with Crippen LogP contribution in [0.2, 0.25) is 0 Å². The number of hydrogen-bond donors (Lipinski definition) is 0. The Balaban J connectivity index is 2.58. The van der Waals surface area contributed by atoms with Gasteiger partial charge in [0.05, 0.1) is 0 Å². The molecule has 0 atom stereocenters.